The number of ether oxygens (including phenoxy) is 3. The van der Waals surface area contributed by atoms with Crippen molar-refractivity contribution >= 4 is 17.9 Å². The Balaban J connectivity index is 1.21. The maximum atomic E-state index is 13.2. The second-order valence-electron chi connectivity index (χ2n) is 10.1. The van der Waals surface area contributed by atoms with Crippen LogP contribution in [0.2, 0.25) is 0 Å². The fraction of sp³-hybridized carbons (Fsp3) is 0.571. The first-order valence-electron chi connectivity index (χ1n) is 13.7. The topological polar surface area (TPSA) is 106 Å². The summed E-state index contributed by atoms with van der Waals surface area (Å²) in [7, 11) is 0. The van der Waals surface area contributed by atoms with E-state index < -0.39 is 6.10 Å². The highest BCUT2D eigenvalue weighted by Gasteiger charge is 2.38. The highest BCUT2D eigenvalue weighted by atomic mass is 16.6. The number of hydrogen-bond donors (Lipinski definition) is 1. The fourth-order valence-corrected chi connectivity index (χ4v) is 5.43. The van der Waals surface area contributed by atoms with Crippen LogP contribution < -0.4 is 10.2 Å². The summed E-state index contributed by atoms with van der Waals surface area (Å²) < 4.78 is 17.7. The van der Waals surface area contributed by atoms with E-state index in [0.29, 0.717) is 19.8 Å². The number of hydrogen-bond acceptors (Lipinski definition) is 8. The van der Waals surface area contributed by atoms with Crippen molar-refractivity contribution < 1.29 is 23.8 Å². The van der Waals surface area contributed by atoms with Crippen molar-refractivity contribution in [2.24, 2.45) is 0 Å². The molecule has 0 radical (unpaired) electrons. The molecule has 4 heterocycles. The molecule has 5 rings (SSSR count). The van der Waals surface area contributed by atoms with E-state index in [1.807, 2.05) is 36.4 Å². The molecule has 3 aliphatic rings. The van der Waals surface area contributed by atoms with Crippen molar-refractivity contribution in [3.63, 3.8) is 0 Å². The van der Waals surface area contributed by atoms with Crippen LogP contribution in [0, 0.1) is 0 Å². The third-order valence-corrected chi connectivity index (χ3v) is 7.55. The first-order chi connectivity index (χ1) is 18.7. The number of amides is 2. The summed E-state index contributed by atoms with van der Waals surface area (Å²) in [5.74, 6) is 0.635. The van der Waals surface area contributed by atoms with Gasteiger partial charge in [0.1, 0.15) is 12.7 Å². The zero-order valence-electron chi connectivity index (χ0n) is 21.7. The molecule has 38 heavy (non-hydrogen) atoms. The van der Waals surface area contributed by atoms with Gasteiger partial charge in [-0.1, -0.05) is 30.3 Å². The summed E-state index contributed by atoms with van der Waals surface area (Å²) in [6, 6.07) is 10.9. The predicted molar refractivity (Wildman–Crippen MR) is 140 cm³/mol. The van der Waals surface area contributed by atoms with Gasteiger partial charge in [-0.15, -0.1) is 0 Å². The van der Waals surface area contributed by atoms with Crippen LogP contribution in [0.4, 0.5) is 10.7 Å². The number of nitrogens with zero attached hydrogens (tertiary/aromatic N) is 4. The second kappa shape index (κ2) is 13.0. The van der Waals surface area contributed by atoms with Gasteiger partial charge in [0.2, 0.25) is 11.9 Å². The van der Waals surface area contributed by atoms with Crippen LogP contribution in [0.15, 0.2) is 48.8 Å². The monoisotopic (exact) mass is 523 g/mol. The zero-order chi connectivity index (χ0) is 26.2. The first kappa shape index (κ1) is 26.4. The minimum Gasteiger partial charge on any atom is -0.445 e. The lowest BCUT2D eigenvalue weighted by molar-refractivity contribution is -0.132. The summed E-state index contributed by atoms with van der Waals surface area (Å²) in [6.45, 7) is 3.33. The minimum absolute atomic E-state index is 0.0635. The predicted octanol–water partition coefficient (Wildman–Crippen LogP) is 2.93. The largest absolute Gasteiger partial charge is 0.445 e. The maximum absolute atomic E-state index is 13.2. The number of aromatic nitrogens is 2. The van der Waals surface area contributed by atoms with Gasteiger partial charge < -0.3 is 29.3 Å². The molecule has 204 valence electrons. The van der Waals surface area contributed by atoms with Crippen LogP contribution in [0.1, 0.15) is 44.1 Å². The SMILES string of the molecule is O=C(N[C@@H]1CCCN(C(=O)OCc2ccccc2)[C@@H]1COC1CCN(c2ncccn2)CC1)[C@@H]1CCCO1. The second-order valence-corrected chi connectivity index (χ2v) is 10.1. The van der Waals surface area contributed by atoms with E-state index in [4.69, 9.17) is 14.2 Å². The van der Waals surface area contributed by atoms with Gasteiger partial charge in [-0.3, -0.25) is 4.79 Å². The normalized spacial score (nSPS) is 24.3. The van der Waals surface area contributed by atoms with Gasteiger partial charge in [-0.05, 0) is 50.2 Å². The highest BCUT2D eigenvalue weighted by molar-refractivity contribution is 5.81. The molecule has 1 aromatic carbocycles. The summed E-state index contributed by atoms with van der Waals surface area (Å²) >= 11 is 0. The van der Waals surface area contributed by atoms with Gasteiger partial charge in [0, 0.05) is 38.6 Å². The summed E-state index contributed by atoms with van der Waals surface area (Å²) in [4.78, 5) is 38.7. The van der Waals surface area contributed by atoms with E-state index in [1.165, 1.54) is 0 Å². The van der Waals surface area contributed by atoms with Crippen LogP contribution in [0.5, 0.6) is 0 Å². The molecular weight excluding hydrogens is 486 g/mol. The third kappa shape index (κ3) is 6.79. The number of likely N-dealkylation sites (tertiary alicyclic amines) is 1. The van der Waals surface area contributed by atoms with Gasteiger partial charge in [-0.25, -0.2) is 14.8 Å². The third-order valence-electron chi connectivity index (χ3n) is 7.55. The van der Waals surface area contributed by atoms with Crippen LogP contribution in [0.3, 0.4) is 0 Å². The summed E-state index contributed by atoms with van der Waals surface area (Å²) in [5, 5.41) is 3.17. The van der Waals surface area contributed by atoms with Gasteiger partial charge in [-0.2, -0.15) is 0 Å². The molecule has 0 spiro atoms. The van der Waals surface area contributed by atoms with Crippen molar-refractivity contribution in [1.29, 1.82) is 0 Å². The number of carbonyl (C=O) groups is 2. The quantitative estimate of drug-likeness (QED) is 0.563. The van der Waals surface area contributed by atoms with E-state index in [-0.39, 0.29) is 36.8 Å². The Hall–Kier alpha value is -3.24. The van der Waals surface area contributed by atoms with Crippen LogP contribution in [-0.4, -0.2) is 84.0 Å². The van der Waals surface area contributed by atoms with Crippen molar-refractivity contribution in [2.45, 2.75) is 69.4 Å². The molecule has 3 fully saturated rings. The first-order valence-corrected chi connectivity index (χ1v) is 13.7. The summed E-state index contributed by atoms with van der Waals surface area (Å²) in [6.07, 6.45) is 7.64. The Morgan fingerprint density at radius 3 is 2.50 bits per heavy atom. The molecule has 3 saturated heterocycles. The molecule has 0 aliphatic carbocycles. The lowest BCUT2D eigenvalue weighted by Crippen LogP contribution is -2.60. The lowest BCUT2D eigenvalue weighted by atomic mass is 9.96. The average Bonchev–Trinajstić information content (AvgIpc) is 3.52. The Labute approximate surface area is 223 Å². The minimum atomic E-state index is -0.415. The Morgan fingerprint density at radius 1 is 0.974 bits per heavy atom. The molecule has 0 unspecified atom stereocenters. The van der Waals surface area contributed by atoms with Crippen molar-refractivity contribution in [1.82, 2.24) is 20.2 Å². The van der Waals surface area contributed by atoms with Gasteiger partial charge in [0.15, 0.2) is 0 Å². The molecule has 2 aromatic rings. The number of rotatable bonds is 8. The number of benzene rings is 1. The summed E-state index contributed by atoms with van der Waals surface area (Å²) in [5.41, 5.74) is 0.933. The van der Waals surface area contributed by atoms with Gasteiger partial charge in [0.25, 0.3) is 0 Å². The molecule has 0 bridgehead atoms. The maximum Gasteiger partial charge on any atom is 0.410 e. The van der Waals surface area contributed by atoms with E-state index in [0.717, 1.165) is 63.1 Å². The van der Waals surface area contributed by atoms with E-state index >= 15 is 0 Å². The van der Waals surface area contributed by atoms with Crippen LogP contribution >= 0.6 is 0 Å². The zero-order valence-corrected chi connectivity index (χ0v) is 21.7. The molecule has 2 amide bonds. The Kier molecular flexibility index (Phi) is 9.03. The molecule has 3 atom stereocenters. The van der Waals surface area contributed by atoms with E-state index in [9.17, 15) is 9.59 Å². The number of piperidine rings is 2. The lowest BCUT2D eigenvalue weighted by Gasteiger charge is -2.42. The van der Waals surface area contributed by atoms with Gasteiger partial charge in [0.05, 0.1) is 24.8 Å². The fourth-order valence-electron chi connectivity index (χ4n) is 5.43. The molecule has 0 saturated carbocycles. The van der Waals surface area contributed by atoms with Crippen LogP contribution in [-0.2, 0) is 25.6 Å². The van der Waals surface area contributed by atoms with Crippen LogP contribution in [0.25, 0.3) is 0 Å². The van der Waals surface area contributed by atoms with E-state index in [1.54, 1.807) is 17.3 Å². The Bertz CT molecular complexity index is 1030. The molecule has 3 aliphatic heterocycles. The van der Waals surface area contributed by atoms with Crippen molar-refractivity contribution in [3.8, 4) is 0 Å². The Morgan fingerprint density at radius 2 is 1.76 bits per heavy atom. The molecule has 1 aromatic heterocycles. The molecule has 10 nitrogen and oxygen atoms in total. The molecule has 1 N–H and O–H groups in total. The molecule has 10 heteroatoms. The standard InChI is InChI=1S/C28H37N5O5/c34-26(25-10-5-18-36-25)31-23-9-4-15-33(28(35)38-19-21-7-2-1-3-8-21)24(23)20-37-22-11-16-32(17-12-22)27-29-13-6-14-30-27/h1-3,6-8,13-14,22-25H,4-5,9-12,15-20H2,(H,31,34)/t23-,24-,25+/m1/s1. The molecular formula is C28H37N5O5. The van der Waals surface area contributed by atoms with E-state index in [2.05, 4.69) is 20.2 Å². The average molecular weight is 524 g/mol. The number of nitrogens with one attached hydrogen (secondary N) is 1. The number of anilines is 1. The van der Waals surface area contributed by atoms with Crippen molar-refractivity contribution in [3.05, 3.63) is 54.4 Å². The smallest absolute Gasteiger partial charge is 0.410 e. The van der Waals surface area contributed by atoms with Crippen molar-refractivity contribution in [2.75, 3.05) is 37.7 Å². The highest BCUT2D eigenvalue weighted by Crippen LogP contribution is 2.24. The van der Waals surface area contributed by atoms with Gasteiger partial charge >= 0.3 is 6.09 Å². The number of carbonyl (C=O) groups excluding carboxylic acids is 2.